The van der Waals surface area contributed by atoms with Crippen molar-refractivity contribution in [2.45, 2.75) is 128 Å². The van der Waals surface area contributed by atoms with Crippen LogP contribution in [0.25, 0.3) is 0 Å². The molecule has 12 atom stereocenters. The predicted octanol–water partition coefficient (Wildman–Crippen LogP) is -0.907. The zero-order valence-corrected chi connectivity index (χ0v) is 24.0. The van der Waals surface area contributed by atoms with Crippen molar-refractivity contribution in [3.8, 4) is 0 Å². The average molecular weight is 562 g/mol. The third-order valence-corrected chi connectivity index (χ3v) is 7.29. The van der Waals surface area contributed by atoms with E-state index in [2.05, 4.69) is 5.32 Å². The van der Waals surface area contributed by atoms with Gasteiger partial charge in [0.25, 0.3) is 0 Å². The molecule has 0 bridgehead atoms. The van der Waals surface area contributed by atoms with Gasteiger partial charge in [0.05, 0.1) is 48.6 Å². The first-order valence-corrected chi connectivity index (χ1v) is 13.9. The number of allylic oxidation sites excluding steroid dienone is 1. The van der Waals surface area contributed by atoms with Gasteiger partial charge < -0.3 is 56.5 Å². The second kappa shape index (κ2) is 14.6. The minimum absolute atomic E-state index is 0.00458. The molecule has 2 fully saturated rings. The molecule has 39 heavy (non-hydrogen) atoms. The zero-order valence-electron chi connectivity index (χ0n) is 24.0. The summed E-state index contributed by atoms with van der Waals surface area (Å²) in [7, 11) is 0. The Morgan fingerprint density at radius 2 is 1.79 bits per heavy atom. The van der Waals surface area contributed by atoms with E-state index in [4.69, 9.17) is 25.7 Å². The van der Waals surface area contributed by atoms with Crippen LogP contribution in [-0.4, -0.2) is 105 Å². The summed E-state index contributed by atoms with van der Waals surface area (Å²) < 4.78 is 17.9. The minimum Gasteiger partial charge on any atom is -0.393 e. The summed E-state index contributed by atoms with van der Waals surface area (Å²) >= 11 is 0. The maximum absolute atomic E-state index is 13.2. The fraction of sp³-hybridized carbons (Fsp3) is 0.889. The molecule has 9 unspecified atom stereocenters. The van der Waals surface area contributed by atoms with Gasteiger partial charge >= 0.3 is 0 Å². The summed E-state index contributed by atoms with van der Waals surface area (Å²) in [5, 5.41) is 56.3. The van der Waals surface area contributed by atoms with Crippen LogP contribution in [0.4, 0.5) is 0 Å². The fourth-order valence-corrected chi connectivity index (χ4v) is 4.82. The van der Waals surface area contributed by atoms with Crippen molar-refractivity contribution in [2.75, 3.05) is 6.54 Å². The monoisotopic (exact) mass is 561 g/mol. The van der Waals surface area contributed by atoms with E-state index in [0.29, 0.717) is 0 Å². The quantitative estimate of drug-likeness (QED) is 0.137. The number of nitrogens with two attached hydrogens (primary N) is 2. The molecular weight excluding hydrogens is 510 g/mol. The molecule has 0 aromatic carbocycles. The molecular formula is C27H51N3O9. The van der Waals surface area contributed by atoms with Crippen LogP contribution in [0.3, 0.4) is 0 Å². The van der Waals surface area contributed by atoms with Crippen LogP contribution in [-0.2, 0) is 19.0 Å². The van der Waals surface area contributed by atoms with Gasteiger partial charge in [-0.2, -0.15) is 0 Å². The van der Waals surface area contributed by atoms with Gasteiger partial charge in [-0.25, -0.2) is 0 Å². The summed E-state index contributed by atoms with van der Waals surface area (Å²) in [4.78, 5) is 13.2. The summed E-state index contributed by atoms with van der Waals surface area (Å²) in [6, 6.07) is -1.32. The van der Waals surface area contributed by atoms with Crippen molar-refractivity contribution in [3.63, 3.8) is 0 Å². The Balaban J connectivity index is 2.36. The number of carbonyl (C=O) groups excluding carboxylic acids is 1. The smallest absolute Gasteiger partial charge is 0.228 e. The zero-order chi connectivity index (χ0) is 29.7. The first-order valence-electron chi connectivity index (χ1n) is 13.9. The first-order chi connectivity index (χ1) is 18.0. The Hall–Kier alpha value is -1.19. The summed E-state index contributed by atoms with van der Waals surface area (Å²) in [5.74, 6) is -3.48. The highest BCUT2D eigenvalue weighted by atomic mass is 16.7. The van der Waals surface area contributed by atoms with Crippen molar-refractivity contribution < 1.29 is 44.5 Å². The van der Waals surface area contributed by atoms with E-state index in [0.717, 1.165) is 0 Å². The van der Waals surface area contributed by atoms with Gasteiger partial charge in [0, 0.05) is 31.8 Å². The number of amides is 1. The van der Waals surface area contributed by atoms with Gasteiger partial charge in [-0.15, -0.1) is 0 Å². The molecule has 0 aromatic heterocycles. The lowest BCUT2D eigenvalue weighted by Gasteiger charge is -2.46. The maximum Gasteiger partial charge on any atom is 0.228 e. The first kappa shape index (κ1) is 34.0. The number of nitrogens with one attached hydrogen (secondary N) is 1. The number of hydrogen-bond acceptors (Lipinski definition) is 11. The number of rotatable bonds is 12. The van der Waals surface area contributed by atoms with Crippen LogP contribution in [0.15, 0.2) is 12.2 Å². The number of ether oxygens (including phenoxy) is 3. The van der Waals surface area contributed by atoms with Crippen molar-refractivity contribution >= 4 is 5.91 Å². The lowest BCUT2D eigenvalue weighted by atomic mass is 9.81. The van der Waals surface area contributed by atoms with Crippen molar-refractivity contribution in [3.05, 3.63) is 12.2 Å². The predicted molar refractivity (Wildman–Crippen MR) is 144 cm³/mol. The van der Waals surface area contributed by atoms with E-state index in [1.807, 2.05) is 19.9 Å². The van der Waals surface area contributed by atoms with E-state index in [1.54, 1.807) is 33.8 Å². The van der Waals surface area contributed by atoms with Gasteiger partial charge in [0.1, 0.15) is 6.10 Å². The van der Waals surface area contributed by atoms with Gasteiger partial charge in [-0.3, -0.25) is 4.79 Å². The molecule has 2 aliphatic rings. The van der Waals surface area contributed by atoms with Crippen molar-refractivity contribution in [1.82, 2.24) is 5.32 Å². The van der Waals surface area contributed by atoms with E-state index < -0.39 is 72.7 Å². The molecule has 12 heteroatoms. The molecule has 0 aromatic rings. The normalized spacial score (nSPS) is 38.2. The molecule has 2 heterocycles. The SMILES string of the molecule is CC(C)/C=C/C(C[C@@H]1OC(O)(CC(O)C(C)C)C[C@H](O)C1C(=O)NC[C@@H](C)N)OC1OC(C)C(O)C(N)C1O. The van der Waals surface area contributed by atoms with Gasteiger partial charge in [-0.05, 0) is 25.7 Å². The number of hydrogen-bond donors (Lipinski definition) is 8. The summed E-state index contributed by atoms with van der Waals surface area (Å²) in [6.07, 6.45) is -5.12. The summed E-state index contributed by atoms with van der Waals surface area (Å²) in [6.45, 7) is 11.1. The molecule has 12 nitrogen and oxygen atoms in total. The van der Waals surface area contributed by atoms with Gasteiger partial charge in [0.15, 0.2) is 12.1 Å². The summed E-state index contributed by atoms with van der Waals surface area (Å²) in [5.41, 5.74) is 11.8. The Morgan fingerprint density at radius 1 is 1.15 bits per heavy atom. The lowest BCUT2D eigenvalue weighted by molar-refractivity contribution is -0.307. The Kier molecular flexibility index (Phi) is 12.8. The van der Waals surface area contributed by atoms with Crippen LogP contribution in [0, 0.1) is 17.8 Å². The minimum atomic E-state index is -1.89. The van der Waals surface area contributed by atoms with Crippen molar-refractivity contribution in [2.24, 2.45) is 29.2 Å². The second-order valence-electron chi connectivity index (χ2n) is 11.9. The highest BCUT2D eigenvalue weighted by molar-refractivity contribution is 5.80. The highest BCUT2D eigenvalue weighted by Gasteiger charge is 2.50. The molecule has 2 rings (SSSR count). The lowest BCUT2D eigenvalue weighted by Crippen LogP contribution is -2.62. The van der Waals surface area contributed by atoms with Crippen LogP contribution in [0.2, 0.25) is 0 Å². The molecule has 10 N–H and O–H groups in total. The van der Waals surface area contributed by atoms with Gasteiger partial charge in [-0.1, -0.05) is 39.8 Å². The Morgan fingerprint density at radius 3 is 2.36 bits per heavy atom. The molecule has 228 valence electrons. The number of aliphatic hydroxyl groups is 5. The van der Waals surface area contributed by atoms with Crippen LogP contribution in [0.1, 0.15) is 60.8 Å². The molecule has 1 amide bonds. The molecule has 0 aliphatic carbocycles. The van der Waals surface area contributed by atoms with Gasteiger partial charge in [0.2, 0.25) is 5.91 Å². The highest BCUT2D eigenvalue weighted by Crippen LogP contribution is 2.38. The molecule has 0 spiro atoms. The van der Waals surface area contributed by atoms with Crippen molar-refractivity contribution in [1.29, 1.82) is 0 Å². The van der Waals surface area contributed by atoms with E-state index in [9.17, 15) is 30.3 Å². The third-order valence-electron chi connectivity index (χ3n) is 7.29. The van der Waals surface area contributed by atoms with Crippen LogP contribution in [0.5, 0.6) is 0 Å². The number of aliphatic hydroxyl groups excluding tert-OH is 4. The Bertz CT molecular complexity index is 798. The number of carbonyl (C=O) groups is 1. The van der Waals surface area contributed by atoms with E-state index >= 15 is 0 Å². The molecule has 2 aliphatic heterocycles. The van der Waals surface area contributed by atoms with E-state index in [1.165, 1.54) is 0 Å². The Labute approximate surface area is 231 Å². The topological polar surface area (TPSA) is 210 Å². The van der Waals surface area contributed by atoms with Crippen LogP contribution < -0.4 is 16.8 Å². The van der Waals surface area contributed by atoms with Crippen LogP contribution >= 0.6 is 0 Å². The molecule has 0 radical (unpaired) electrons. The average Bonchev–Trinajstić information content (AvgIpc) is 2.82. The third kappa shape index (κ3) is 9.70. The standard InChI is InChI=1S/C27H51N3O9/c1-13(2)7-8-17(38-26-24(34)22(29)23(33)16(6)37-26)9-20-21(25(35)30-12-15(5)28)19(32)11-27(36,39-20)10-18(31)14(3)4/h7-8,13-24,26,31-34,36H,9-12,28-29H2,1-6H3,(H,30,35)/b8-7+/t15-,16?,17?,18?,19+,20+,21?,22?,23?,24?,26?,27?/m1/s1. The maximum atomic E-state index is 13.2. The second-order valence-corrected chi connectivity index (χ2v) is 11.9. The molecule has 0 saturated carbocycles. The largest absolute Gasteiger partial charge is 0.393 e. The van der Waals surface area contributed by atoms with E-state index in [-0.39, 0.29) is 43.7 Å². The molecule has 2 saturated heterocycles. The fourth-order valence-electron chi connectivity index (χ4n) is 4.82.